The number of fused-ring (bicyclic) bond motifs is 1. The van der Waals surface area contributed by atoms with Gasteiger partial charge in [-0.05, 0) is 11.6 Å². The minimum atomic E-state index is -3.91. The van der Waals surface area contributed by atoms with Crippen molar-refractivity contribution < 1.29 is 8.42 Å². The number of benzene rings is 2. The summed E-state index contributed by atoms with van der Waals surface area (Å²) < 4.78 is 23.7. The van der Waals surface area contributed by atoms with Crippen LogP contribution in [0.3, 0.4) is 0 Å². The predicted octanol–water partition coefficient (Wildman–Crippen LogP) is 2.24. The van der Waals surface area contributed by atoms with Gasteiger partial charge in [0.25, 0.3) is 0 Å². The van der Waals surface area contributed by atoms with E-state index in [0.29, 0.717) is 41.6 Å². The average Bonchev–Trinajstić information content (AvgIpc) is 3.16. The molecule has 0 amide bonds. The fourth-order valence-electron chi connectivity index (χ4n) is 2.96. The van der Waals surface area contributed by atoms with E-state index in [2.05, 4.69) is 30.5 Å². The minimum absolute atomic E-state index is 0.0512. The van der Waals surface area contributed by atoms with Gasteiger partial charge in [-0.3, -0.25) is 5.10 Å². The Bertz CT molecular complexity index is 1270. The lowest BCUT2D eigenvalue weighted by atomic mass is 10.2. The molecule has 9 nitrogen and oxygen atoms in total. The van der Waals surface area contributed by atoms with Crippen molar-refractivity contribution in [2.75, 3.05) is 5.32 Å². The van der Waals surface area contributed by atoms with Crippen molar-refractivity contribution in [1.82, 2.24) is 25.1 Å². The molecule has 2 aromatic carbocycles. The second-order valence-electron chi connectivity index (χ2n) is 6.39. The third-order valence-corrected chi connectivity index (χ3v) is 5.31. The molecule has 0 fully saturated rings. The number of sulfonamides is 1. The summed E-state index contributed by atoms with van der Waals surface area (Å²) in [6.45, 7) is 2.51. The highest BCUT2D eigenvalue weighted by Gasteiger charge is 2.19. The number of aromatic nitrogens is 5. The number of hydrogen-bond acceptors (Lipinski definition) is 7. The number of para-hydroxylation sites is 1. The van der Waals surface area contributed by atoms with Gasteiger partial charge in [0.05, 0.1) is 0 Å². The number of aromatic amines is 1. The standard InChI is InChI=1S/C19H19N7O2S/c1-2-15-22-18(24-19(23-15)21-11-12-7-4-3-5-8-12)17-13-9-6-10-14(29(20,27)28)16(13)25-26-17/h3-10H,2,11H2,1H3,(H,25,26)(H2,20,27,28)(H,21,22,23,24). The SMILES string of the molecule is CCc1nc(NCc2ccccc2)nc(-c2[nH]nc3c(S(N)(=O)=O)cccc23)n1. The van der Waals surface area contributed by atoms with Crippen molar-refractivity contribution in [3.8, 4) is 11.5 Å². The quantitative estimate of drug-likeness (QED) is 0.444. The Balaban J connectivity index is 1.75. The smallest absolute Gasteiger partial charge is 0.240 e. The molecule has 10 heteroatoms. The molecule has 0 spiro atoms. The van der Waals surface area contributed by atoms with Crippen LogP contribution in [0.2, 0.25) is 0 Å². The monoisotopic (exact) mass is 409 g/mol. The summed E-state index contributed by atoms with van der Waals surface area (Å²) in [5.41, 5.74) is 1.85. The van der Waals surface area contributed by atoms with E-state index in [1.807, 2.05) is 37.3 Å². The van der Waals surface area contributed by atoms with Crippen LogP contribution in [0, 0.1) is 0 Å². The normalized spacial score (nSPS) is 11.7. The molecule has 0 aliphatic carbocycles. The third kappa shape index (κ3) is 3.93. The van der Waals surface area contributed by atoms with Gasteiger partial charge in [0.1, 0.15) is 21.9 Å². The Hall–Kier alpha value is -3.37. The zero-order valence-electron chi connectivity index (χ0n) is 15.6. The Morgan fingerprint density at radius 1 is 1.03 bits per heavy atom. The first kappa shape index (κ1) is 19.0. The third-order valence-electron chi connectivity index (χ3n) is 4.37. The van der Waals surface area contributed by atoms with Gasteiger partial charge in [0, 0.05) is 18.4 Å². The number of nitrogens with zero attached hydrogens (tertiary/aromatic N) is 4. The van der Waals surface area contributed by atoms with E-state index in [4.69, 9.17) is 5.14 Å². The van der Waals surface area contributed by atoms with Gasteiger partial charge in [-0.1, -0.05) is 49.4 Å². The number of primary sulfonamides is 1. The van der Waals surface area contributed by atoms with Gasteiger partial charge in [-0.15, -0.1) is 0 Å². The highest BCUT2D eigenvalue weighted by molar-refractivity contribution is 7.89. The first-order valence-corrected chi connectivity index (χ1v) is 10.5. The van der Waals surface area contributed by atoms with E-state index in [1.165, 1.54) is 6.07 Å². The molecule has 4 N–H and O–H groups in total. The molecule has 0 saturated carbocycles. The molecule has 0 aliphatic rings. The number of aryl methyl sites for hydroxylation is 1. The fourth-order valence-corrected chi connectivity index (χ4v) is 3.65. The molecular formula is C19H19N7O2S. The van der Waals surface area contributed by atoms with Gasteiger partial charge >= 0.3 is 0 Å². The van der Waals surface area contributed by atoms with Gasteiger partial charge in [0.15, 0.2) is 5.82 Å². The number of rotatable bonds is 6. The summed E-state index contributed by atoms with van der Waals surface area (Å²) in [7, 11) is -3.91. The van der Waals surface area contributed by atoms with Crippen LogP contribution < -0.4 is 10.5 Å². The van der Waals surface area contributed by atoms with Crippen LogP contribution in [0.25, 0.3) is 22.4 Å². The van der Waals surface area contributed by atoms with E-state index in [0.717, 1.165) is 5.56 Å². The van der Waals surface area contributed by atoms with Gasteiger partial charge in [-0.2, -0.15) is 15.1 Å². The minimum Gasteiger partial charge on any atom is -0.350 e. The number of nitrogens with two attached hydrogens (primary N) is 1. The first-order chi connectivity index (χ1) is 14.0. The van der Waals surface area contributed by atoms with Crippen LogP contribution in [0.5, 0.6) is 0 Å². The maximum atomic E-state index is 11.8. The Morgan fingerprint density at radius 2 is 1.83 bits per heavy atom. The lowest BCUT2D eigenvalue weighted by molar-refractivity contribution is 0.598. The summed E-state index contributed by atoms with van der Waals surface area (Å²) in [6, 6.07) is 14.7. The molecule has 2 aromatic heterocycles. The van der Waals surface area contributed by atoms with Crippen molar-refractivity contribution in [3.05, 3.63) is 59.9 Å². The first-order valence-electron chi connectivity index (χ1n) is 8.98. The van der Waals surface area contributed by atoms with Gasteiger partial charge in [-0.25, -0.2) is 18.5 Å². The van der Waals surface area contributed by atoms with Crippen LogP contribution in [-0.2, 0) is 23.0 Å². The maximum Gasteiger partial charge on any atom is 0.240 e. The summed E-state index contributed by atoms with van der Waals surface area (Å²) >= 11 is 0. The number of nitrogens with one attached hydrogen (secondary N) is 2. The molecule has 0 saturated heterocycles. The van der Waals surface area contributed by atoms with Crippen molar-refractivity contribution >= 4 is 26.9 Å². The molecule has 0 aliphatic heterocycles. The molecule has 4 aromatic rings. The van der Waals surface area contributed by atoms with Crippen LogP contribution in [0.15, 0.2) is 53.4 Å². The lowest BCUT2D eigenvalue weighted by Crippen LogP contribution is -2.12. The van der Waals surface area contributed by atoms with Gasteiger partial charge in [0.2, 0.25) is 16.0 Å². The van der Waals surface area contributed by atoms with Crippen LogP contribution in [0.1, 0.15) is 18.3 Å². The average molecular weight is 409 g/mol. The van der Waals surface area contributed by atoms with E-state index in [9.17, 15) is 8.42 Å². The van der Waals surface area contributed by atoms with Crippen molar-refractivity contribution in [2.45, 2.75) is 24.8 Å². The van der Waals surface area contributed by atoms with E-state index >= 15 is 0 Å². The predicted molar refractivity (Wildman–Crippen MR) is 109 cm³/mol. The van der Waals surface area contributed by atoms with Crippen LogP contribution in [0.4, 0.5) is 5.95 Å². The van der Waals surface area contributed by atoms with Crippen LogP contribution >= 0.6 is 0 Å². The largest absolute Gasteiger partial charge is 0.350 e. The van der Waals surface area contributed by atoms with Crippen molar-refractivity contribution in [3.63, 3.8) is 0 Å². The highest BCUT2D eigenvalue weighted by Crippen LogP contribution is 2.28. The zero-order chi connectivity index (χ0) is 20.4. The van der Waals surface area contributed by atoms with E-state index < -0.39 is 10.0 Å². The number of hydrogen-bond donors (Lipinski definition) is 3. The molecule has 2 heterocycles. The van der Waals surface area contributed by atoms with E-state index in [-0.39, 0.29) is 10.4 Å². The molecule has 0 atom stereocenters. The molecule has 4 rings (SSSR count). The second-order valence-corrected chi connectivity index (χ2v) is 7.92. The summed E-state index contributed by atoms with van der Waals surface area (Å²) in [5.74, 6) is 1.42. The fraction of sp³-hybridized carbons (Fsp3) is 0.158. The summed E-state index contributed by atoms with van der Waals surface area (Å²) in [4.78, 5) is 13.4. The molecule has 29 heavy (non-hydrogen) atoms. The Morgan fingerprint density at radius 3 is 2.55 bits per heavy atom. The maximum absolute atomic E-state index is 11.8. The Kier molecular flexibility index (Phi) is 4.95. The van der Waals surface area contributed by atoms with Crippen LogP contribution in [-0.4, -0.2) is 33.6 Å². The van der Waals surface area contributed by atoms with E-state index in [1.54, 1.807) is 12.1 Å². The van der Waals surface area contributed by atoms with Crippen molar-refractivity contribution in [2.24, 2.45) is 5.14 Å². The Labute approximate surface area is 167 Å². The highest BCUT2D eigenvalue weighted by atomic mass is 32.2. The molecule has 0 bridgehead atoms. The molecule has 148 valence electrons. The molecule has 0 radical (unpaired) electrons. The molecule has 0 unspecified atom stereocenters. The number of H-pyrrole nitrogens is 1. The topological polar surface area (TPSA) is 140 Å². The zero-order valence-corrected chi connectivity index (χ0v) is 16.4. The number of anilines is 1. The summed E-state index contributed by atoms with van der Waals surface area (Å²) in [6.07, 6.45) is 0.615. The second kappa shape index (κ2) is 7.57. The van der Waals surface area contributed by atoms with Crippen molar-refractivity contribution in [1.29, 1.82) is 0 Å². The summed E-state index contributed by atoms with van der Waals surface area (Å²) in [5, 5.41) is 16.1. The molecular weight excluding hydrogens is 390 g/mol. The lowest BCUT2D eigenvalue weighted by Gasteiger charge is -2.08. The van der Waals surface area contributed by atoms with Gasteiger partial charge < -0.3 is 5.32 Å².